The van der Waals surface area contributed by atoms with Gasteiger partial charge in [-0.2, -0.15) is 20.7 Å². The Bertz CT molecular complexity index is 1020. The minimum Gasteiger partial charge on any atom is -0.461 e. The second-order valence-electron chi connectivity index (χ2n) is 6.38. The maximum Gasteiger partial charge on any atom is 0.369 e. The quantitative estimate of drug-likeness (QED) is 0.321. The van der Waals surface area contributed by atoms with Gasteiger partial charge in [0.1, 0.15) is 12.1 Å². The highest BCUT2D eigenvalue weighted by Gasteiger charge is 2.12. The Balaban J connectivity index is 1.96. The molecule has 0 saturated carbocycles. The smallest absolute Gasteiger partial charge is 0.369 e. The summed E-state index contributed by atoms with van der Waals surface area (Å²) in [7, 11) is 0. The van der Waals surface area contributed by atoms with Gasteiger partial charge >= 0.3 is 11.9 Å². The zero-order chi connectivity index (χ0) is 24.1. The van der Waals surface area contributed by atoms with Crippen LogP contribution in [0.4, 0.5) is 11.4 Å². The molecule has 0 saturated heterocycles. The minimum atomic E-state index is -0.780. The zero-order valence-corrected chi connectivity index (χ0v) is 18.2. The minimum absolute atomic E-state index is 0.160. The van der Waals surface area contributed by atoms with Crippen molar-refractivity contribution in [2.75, 3.05) is 24.1 Å². The molecule has 33 heavy (non-hydrogen) atoms. The standard InChI is InChI=1S/C23H22N6O4/c1-3-32-22(30)20(14-24)28-26-18-9-5-16(6-10-18)13-17-7-11-19(12-8-17)27-29-21(15-25)23(31)33-4-2/h5-12,26-27H,3-4,13H2,1-2H3/b28-20-,29-21+. The number of carbonyl (C=O) groups is 2. The highest BCUT2D eigenvalue weighted by atomic mass is 16.5. The number of esters is 2. The molecule has 0 spiro atoms. The number of hydrazone groups is 2. The molecule has 10 heteroatoms. The lowest BCUT2D eigenvalue weighted by atomic mass is 10.0. The van der Waals surface area contributed by atoms with E-state index in [1.807, 2.05) is 24.3 Å². The van der Waals surface area contributed by atoms with Crippen LogP contribution in [0.2, 0.25) is 0 Å². The van der Waals surface area contributed by atoms with E-state index < -0.39 is 11.9 Å². The predicted molar refractivity (Wildman–Crippen MR) is 122 cm³/mol. The van der Waals surface area contributed by atoms with E-state index in [0.717, 1.165) is 11.1 Å². The van der Waals surface area contributed by atoms with Crippen LogP contribution in [0.3, 0.4) is 0 Å². The Morgan fingerprint density at radius 3 is 1.42 bits per heavy atom. The van der Waals surface area contributed by atoms with E-state index in [9.17, 15) is 9.59 Å². The molecule has 2 aromatic carbocycles. The maximum atomic E-state index is 11.6. The summed E-state index contributed by atoms with van der Waals surface area (Å²) in [6.07, 6.45) is 0.658. The molecule has 2 aromatic rings. The molecule has 2 rings (SSSR count). The Morgan fingerprint density at radius 2 is 1.12 bits per heavy atom. The molecule has 0 heterocycles. The summed E-state index contributed by atoms with van der Waals surface area (Å²) < 4.78 is 9.50. The molecule has 2 N–H and O–H groups in total. The first-order valence-corrected chi connectivity index (χ1v) is 10.00. The van der Waals surface area contributed by atoms with E-state index in [2.05, 4.69) is 21.1 Å². The number of benzene rings is 2. The SMILES string of the molecule is CCOC(=O)/C(C#N)=N\Nc1ccc(Cc2ccc(N/N=C(\C#N)C(=O)OCC)cc2)cc1. The van der Waals surface area contributed by atoms with Gasteiger partial charge in [-0.3, -0.25) is 10.9 Å². The molecule has 168 valence electrons. The van der Waals surface area contributed by atoms with Crippen molar-refractivity contribution >= 4 is 34.7 Å². The van der Waals surface area contributed by atoms with Gasteiger partial charge in [-0.25, -0.2) is 9.59 Å². The monoisotopic (exact) mass is 446 g/mol. The van der Waals surface area contributed by atoms with Crippen molar-refractivity contribution in [1.29, 1.82) is 10.5 Å². The molecule has 0 atom stereocenters. The van der Waals surface area contributed by atoms with Crippen LogP contribution in [0, 0.1) is 22.7 Å². The third-order valence-corrected chi connectivity index (χ3v) is 4.06. The number of nitrogens with zero attached hydrogens (tertiary/aromatic N) is 4. The van der Waals surface area contributed by atoms with Gasteiger partial charge in [-0.15, -0.1) is 0 Å². The third kappa shape index (κ3) is 7.81. The highest BCUT2D eigenvalue weighted by molar-refractivity contribution is 6.43. The van der Waals surface area contributed by atoms with Crippen LogP contribution in [0.1, 0.15) is 25.0 Å². The molecule has 0 bridgehead atoms. The van der Waals surface area contributed by atoms with Crippen LogP contribution in [0.25, 0.3) is 0 Å². The Labute approximate surface area is 191 Å². The number of rotatable bonds is 10. The van der Waals surface area contributed by atoms with Crippen molar-refractivity contribution in [2.24, 2.45) is 10.2 Å². The Kier molecular flexibility index (Phi) is 9.58. The van der Waals surface area contributed by atoms with Gasteiger partial charge in [0.15, 0.2) is 0 Å². The van der Waals surface area contributed by atoms with Gasteiger partial charge in [0.25, 0.3) is 0 Å². The first kappa shape index (κ1) is 24.6. The fourth-order valence-corrected chi connectivity index (χ4v) is 2.50. The van der Waals surface area contributed by atoms with E-state index >= 15 is 0 Å². The third-order valence-electron chi connectivity index (χ3n) is 4.06. The lowest BCUT2D eigenvalue weighted by Gasteiger charge is -2.06. The van der Waals surface area contributed by atoms with Gasteiger partial charge in [0.05, 0.1) is 24.6 Å². The molecule has 10 nitrogen and oxygen atoms in total. The number of hydrogen-bond acceptors (Lipinski definition) is 10. The van der Waals surface area contributed by atoms with Crippen LogP contribution in [-0.4, -0.2) is 36.6 Å². The van der Waals surface area contributed by atoms with E-state index in [1.165, 1.54) is 0 Å². The molecular weight excluding hydrogens is 424 g/mol. The molecular formula is C23H22N6O4. The fraction of sp³-hybridized carbons (Fsp3) is 0.217. The normalized spacial score (nSPS) is 11.0. The lowest BCUT2D eigenvalue weighted by Crippen LogP contribution is -2.17. The zero-order valence-electron chi connectivity index (χ0n) is 18.2. The summed E-state index contributed by atoms with van der Waals surface area (Å²) in [5, 5.41) is 25.5. The highest BCUT2D eigenvalue weighted by Crippen LogP contribution is 2.16. The lowest BCUT2D eigenvalue weighted by molar-refractivity contribution is -0.135. The molecule has 0 aromatic heterocycles. The van der Waals surface area contributed by atoms with Crippen molar-refractivity contribution in [3.05, 3.63) is 59.7 Å². The van der Waals surface area contributed by atoms with Gasteiger partial charge in [-0.05, 0) is 55.7 Å². The molecule has 0 unspecified atom stereocenters. The number of carbonyl (C=O) groups excluding carboxylic acids is 2. The average molecular weight is 446 g/mol. The number of nitrogens with one attached hydrogen (secondary N) is 2. The summed E-state index contributed by atoms with van der Waals surface area (Å²) in [6.45, 7) is 3.61. The number of ether oxygens (including phenoxy) is 2. The summed E-state index contributed by atoms with van der Waals surface area (Å²) in [6, 6.07) is 18.1. The van der Waals surface area contributed by atoms with Crippen molar-refractivity contribution in [1.82, 2.24) is 0 Å². The van der Waals surface area contributed by atoms with E-state index in [-0.39, 0.29) is 24.6 Å². The number of nitriles is 2. The van der Waals surface area contributed by atoms with E-state index in [0.29, 0.717) is 17.8 Å². The molecule has 0 fully saturated rings. The van der Waals surface area contributed by atoms with Crippen molar-refractivity contribution in [2.45, 2.75) is 20.3 Å². The van der Waals surface area contributed by atoms with Gasteiger partial charge in [0, 0.05) is 0 Å². The molecule has 0 radical (unpaired) electrons. The molecule has 0 aliphatic heterocycles. The first-order valence-electron chi connectivity index (χ1n) is 10.00. The molecule has 0 amide bonds. The van der Waals surface area contributed by atoms with Crippen LogP contribution in [-0.2, 0) is 25.5 Å². The first-order chi connectivity index (χ1) is 16.0. The van der Waals surface area contributed by atoms with Crippen LogP contribution in [0.5, 0.6) is 0 Å². The Morgan fingerprint density at radius 1 is 0.758 bits per heavy atom. The molecule has 0 aliphatic carbocycles. The largest absolute Gasteiger partial charge is 0.461 e. The van der Waals surface area contributed by atoms with Crippen molar-refractivity contribution in [3.8, 4) is 12.1 Å². The van der Waals surface area contributed by atoms with Crippen molar-refractivity contribution < 1.29 is 19.1 Å². The topological polar surface area (TPSA) is 149 Å². The van der Waals surface area contributed by atoms with Gasteiger partial charge in [-0.1, -0.05) is 24.3 Å². The van der Waals surface area contributed by atoms with Crippen LogP contribution in [0.15, 0.2) is 58.7 Å². The van der Waals surface area contributed by atoms with Gasteiger partial charge in [0.2, 0.25) is 11.4 Å². The Hall–Kier alpha value is -4.70. The summed E-state index contributed by atoms with van der Waals surface area (Å²) in [5.41, 5.74) is 7.90. The molecule has 0 aliphatic rings. The van der Waals surface area contributed by atoms with E-state index in [4.69, 9.17) is 20.0 Å². The fourth-order valence-electron chi connectivity index (χ4n) is 2.50. The van der Waals surface area contributed by atoms with Crippen LogP contribution < -0.4 is 10.9 Å². The average Bonchev–Trinajstić information content (AvgIpc) is 2.82. The second kappa shape index (κ2) is 12.9. The predicted octanol–water partition coefficient (Wildman–Crippen LogP) is 2.99. The number of anilines is 2. The van der Waals surface area contributed by atoms with Gasteiger partial charge < -0.3 is 9.47 Å². The summed E-state index contributed by atoms with van der Waals surface area (Å²) in [4.78, 5) is 23.1. The maximum absolute atomic E-state index is 11.6. The van der Waals surface area contributed by atoms with E-state index in [1.54, 1.807) is 50.3 Å². The summed E-state index contributed by atoms with van der Waals surface area (Å²) >= 11 is 0. The second-order valence-corrected chi connectivity index (χ2v) is 6.38. The number of hydrogen-bond donors (Lipinski definition) is 2. The summed E-state index contributed by atoms with van der Waals surface area (Å²) in [5.74, 6) is -1.56. The van der Waals surface area contributed by atoms with Crippen LogP contribution >= 0.6 is 0 Å². The van der Waals surface area contributed by atoms with Crippen molar-refractivity contribution in [3.63, 3.8) is 0 Å².